The van der Waals surface area contributed by atoms with Gasteiger partial charge in [-0.25, -0.2) is 0 Å². The number of ketones is 1. The molecule has 0 amide bonds. The Kier molecular flexibility index (Phi) is 3.07. The molecule has 6 heteroatoms. The van der Waals surface area contributed by atoms with Crippen molar-refractivity contribution in [3.05, 3.63) is 35.4 Å². The number of aliphatic hydroxyl groups is 2. The van der Waals surface area contributed by atoms with E-state index < -0.39 is 23.3 Å². The summed E-state index contributed by atoms with van der Waals surface area (Å²) in [6.07, 6.45) is -5.42. The lowest BCUT2D eigenvalue weighted by Gasteiger charge is -2.22. The van der Waals surface area contributed by atoms with Crippen LogP contribution >= 0.6 is 0 Å². The Morgan fingerprint density at radius 2 is 1.56 bits per heavy atom. The molecule has 0 aliphatic carbocycles. The number of carbonyl (C=O) groups excluding carboxylic acids is 1. The van der Waals surface area contributed by atoms with Gasteiger partial charge in [-0.2, -0.15) is 13.2 Å². The number of alkyl halides is 3. The van der Waals surface area contributed by atoms with E-state index in [1.807, 2.05) is 0 Å². The smallest absolute Gasteiger partial charge is 0.352 e. The van der Waals surface area contributed by atoms with E-state index in [0.29, 0.717) is 0 Å². The van der Waals surface area contributed by atoms with Crippen molar-refractivity contribution >= 4 is 5.78 Å². The monoisotopic (exact) mass is 234 g/mol. The van der Waals surface area contributed by atoms with Gasteiger partial charge in [0.15, 0.2) is 0 Å². The minimum absolute atomic E-state index is 0.409. The van der Waals surface area contributed by atoms with E-state index in [1.54, 1.807) is 6.92 Å². The van der Waals surface area contributed by atoms with E-state index in [-0.39, 0.29) is 0 Å². The summed E-state index contributed by atoms with van der Waals surface area (Å²) in [5.41, 5.74) is 0.331. The number of benzene rings is 1. The van der Waals surface area contributed by atoms with Crippen molar-refractivity contribution in [2.45, 2.75) is 18.9 Å². The Morgan fingerprint density at radius 1 is 1.12 bits per heavy atom. The predicted octanol–water partition coefficient (Wildman–Crippen LogP) is 1.42. The topological polar surface area (TPSA) is 57.5 Å². The molecule has 1 rings (SSSR count). The molecule has 0 unspecified atom stereocenters. The molecule has 0 radical (unpaired) electrons. The Morgan fingerprint density at radius 3 is 1.94 bits per heavy atom. The highest BCUT2D eigenvalue weighted by Crippen LogP contribution is 2.30. The molecular formula is C10H9F3O3. The molecule has 2 N–H and O–H groups in total. The summed E-state index contributed by atoms with van der Waals surface area (Å²) in [7, 11) is 0. The largest absolute Gasteiger partial charge is 0.451 e. The van der Waals surface area contributed by atoms with Gasteiger partial charge < -0.3 is 10.2 Å². The summed E-state index contributed by atoms with van der Waals surface area (Å²) in [4.78, 5) is 11.2. The highest BCUT2D eigenvalue weighted by molar-refractivity contribution is 6.01. The van der Waals surface area contributed by atoms with Gasteiger partial charge in [-0.05, 0) is 6.92 Å². The van der Waals surface area contributed by atoms with Gasteiger partial charge >= 0.3 is 12.0 Å². The lowest BCUT2D eigenvalue weighted by molar-refractivity contribution is -0.318. The summed E-state index contributed by atoms with van der Waals surface area (Å²) in [5.74, 6) is -6.14. The van der Waals surface area contributed by atoms with Crippen LogP contribution in [0.3, 0.4) is 0 Å². The quantitative estimate of drug-likeness (QED) is 0.601. The van der Waals surface area contributed by atoms with Gasteiger partial charge in [0.1, 0.15) is 0 Å². The van der Waals surface area contributed by atoms with E-state index in [9.17, 15) is 18.0 Å². The van der Waals surface area contributed by atoms with Gasteiger partial charge in [0.2, 0.25) is 5.78 Å². The molecule has 0 atom stereocenters. The third kappa shape index (κ3) is 2.23. The van der Waals surface area contributed by atoms with Crippen molar-refractivity contribution in [3.63, 3.8) is 0 Å². The average molecular weight is 234 g/mol. The Balaban J connectivity index is 3.07. The van der Waals surface area contributed by atoms with Crippen LogP contribution in [0.2, 0.25) is 0 Å². The second kappa shape index (κ2) is 3.88. The fourth-order valence-corrected chi connectivity index (χ4v) is 1.03. The van der Waals surface area contributed by atoms with Crippen molar-refractivity contribution < 1.29 is 28.2 Å². The zero-order valence-corrected chi connectivity index (χ0v) is 8.25. The molecule has 0 aliphatic rings. The standard InChI is InChI=1S/C10H9F3O3/c1-6-2-4-7(5-3-6)8(14)9(15,16)10(11,12)13/h2-5,15-16H,1H3. The van der Waals surface area contributed by atoms with Gasteiger partial charge in [0.25, 0.3) is 0 Å². The first-order valence-electron chi connectivity index (χ1n) is 4.29. The van der Waals surface area contributed by atoms with Crippen LogP contribution in [0, 0.1) is 6.92 Å². The summed E-state index contributed by atoms with van der Waals surface area (Å²) in [5, 5.41) is 17.4. The SMILES string of the molecule is Cc1ccc(C(=O)C(O)(O)C(F)(F)F)cc1. The highest BCUT2D eigenvalue weighted by atomic mass is 19.4. The van der Waals surface area contributed by atoms with E-state index in [2.05, 4.69) is 0 Å². The molecule has 0 saturated heterocycles. The highest BCUT2D eigenvalue weighted by Gasteiger charge is 2.58. The summed E-state index contributed by atoms with van der Waals surface area (Å²) >= 11 is 0. The van der Waals surface area contributed by atoms with Crippen LogP contribution in [0.4, 0.5) is 13.2 Å². The fraction of sp³-hybridized carbons (Fsp3) is 0.300. The molecule has 1 aromatic carbocycles. The van der Waals surface area contributed by atoms with E-state index in [1.165, 1.54) is 12.1 Å². The van der Waals surface area contributed by atoms with Crippen molar-refractivity contribution in [2.24, 2.45) is 0 Å². The maximum absolute atomic E-state index is 12.1. The van der Waals surface area contributed by atoms with Crippen molar-refractivity contribution in [1.29, 1.82) is 0 Å². The number of hydrogen-bond acceptors (Lipinski definition) is 3. The fourth-order valence-electron chi connectivity index (χ4n) is 1.03. The van der Waals surface area contributed by atoms with Crippen LogP contribution in [-0.4, -0.2) is 28.0 Å². The van der Waals surface area contributed by atoms with Crippen LogP contribution in [0.25, 0.3) is 0 Å². The van der Waals surface area contributed by atoms with Crippen molar-refractivity contribution in [2.75, 3.05) is 0 Å². The van der Waals surface area contributed by atoms with Crippen LogP contribution in [0.1, 0.15) is 15.9 Å². The summed E-state index contributed by atoms with van der Waals surface area (Å²) < 4.78 is 36.4. The maximum atomic E-state index is 12.1. The second-order valence-electron chi connectivity index (χ2n) is 3.37. The Hall–Kier alpha value is -1.40. The molecule has 1 aromatic rings. The normalized spacial score (nSPS) is 12.6. The zero-order valence-electron chi connectivity index (χ0n) is 8.25. The molecular weight excluding hydrogens is 225 g/mol. The number of rotatable bonds is 2. The average Bonchev–Trinajstić information content (AvgIpc) is 2.16. The first kappa shape index (κ1) is 12.7. The summed E-state index contributed by atoms with van der Waals surface area (Å²) in [6.45, 7) is 1.68. The zero-order chi connectivity index (χ0) is 12.6. The van der Waals surface area contributed by atoms with Gasteiger partial charge in [-0.3, -0.25) is 4.79 Å². The molecule has 0 bridgehead atoms. The van der Waals surface area contributed by atoms with Crippen LogP contribution in [-0.2, 0) is 0 Å². The van der Waals surface area contributed by atoms with E-state index in [0.717, 1.165) is 17.7 Å². The number of aryl methyl sites for hydroxylation is 1. The van der Waals surface area contributed by atoms with Crippen molar-refractivity contribution in [3.8, 4) is 0 Å². The maximum Gasteiger partial charge on any atom is 0.451 e. The molecule has 88 valence electrons. The van der Waals surface area contributed by atoms with Crippen molar-refractivity contribution in [1.82, 2.24) is 0 Å². The molecule has 16 heavy (non-hydrogen) atoms. The third-order valence-corrected chi connectivity index (χ3v) is 2.03. The van der Waals surface area contributed by atoms with Crippen LogP contribution in [0.15, 0.2) is 24.3 Å². The molecule has 0 aromatic heterocycles. The minimum atomic E-state index is -5.42. The number of Topliss-reactive ketones (excluding diaryl/α,β-unsaturated/α-hetero) is 1. The van der Waals surface area contributed by atoms with Gasteiger partial charge in [0.05, 0.1) is 0 Å². The Labute approximate surface area is 89.1 Å². The number of hydrogen-bond donors (Lipinski definition) is 2. The lowest BCUT2D eigenvalue weighted by Crippen LogP contribution is -2.51. The molecule has 0 aliphatic heterocycles. The molecule has 3 nitrogen and oxygen atoms in total. The third-order valence-electron chi connectivity index (χ3n) is 2.03. The minimum Gasteiger partial charge on any atom is -0.352 e. The first-order chi connectivity index (χ1) is 7.16. The Bertz CT molecular complexity index is 393. The van der Waals surface area contributed by atoms with Crippen LogP contribution < -0.4 is 0 Å². The predicted molar refractivity (Wildman–Crippen MR) is 48.7 cm³/mol. The molecule has 0 spiro atoms. The lowest BCUT2D eigenvalue weighted by atomic mass is 10.0. The van der Waals surface area contributed by atoms with E-state index >= 15 is 0 Å². The van der Waals surface area contributed by atoms with Gasteiger partial charge in [-0.15, -0.1) is 0 Å². The molecule has 0 saturated carbocycles. The number of halogens is 3. The molecule has 0 fully saturated rings. The molecule has 0 heterocycles. The second-order valence-corrected chi connectivity index (χ2v) is 3.37. The summed E-state index contributed by atoms with van der Waals surface area (Å²) in [6, 6.07) is 5.01. The first-order valence-corrected chi connectivity index (χ1v) is 4.29. The van der Waals surface area contributed by atoms with Gasteiger partial charge in [-0.1, -0.05) is 29.8 Å². The van der Waals surface area contributed by atoms with Gasteiger partial charge in [0, 0.05) is 5.56 Å². The number of carbonyl (C=O) groups is 1. The van der Waals surface area contributed by atoms with Crippen LogP contribution in [0.5, 0.6) is 0 Å². The van der Waals surface area contributed by atoms with E-state index in [4.69, 9.17) is 10.2 Å².